The fraction of sp³-hybridized carbons (Fsp3) is 0.222. The molecule has 0 atom stereocenters. The number of hydrogen-bond acceptors (Lipinski definition) is 3. The highest BCUT2D eigenvalue weighted by molar-refractivity contribution is 5.73. The summed E-state index contributed by atoms with van der Waals surface area (Å²) in [6.45, 7) is 0. The largest absolute Gasteiger partial charge is 0.508 e. The van der Waals surface area contributed by atoms with Crippen LogP contribution in [0.5, 0.6) is 5.75 Å². The number of carbonyl (C=O) groups is 1. The van der Waals surface area contributed by atoms with E-state index in [-0.39, 0.29) is 17.7 Å². The summed E-state index contributed by atoms with van der Waals surface area (Å²) in [7, 11) is 1.23. The molecule has 0 bridgehead atoms. The number of halogens is 1. The molecule has 0 aliphatic heterocycles. The summed E-state index contributed by atoms with van der Waals surface area (Å²) in [6.07, 6.45) is -0.125. The van der Waals surface area contributed by atoms with E-state index in [1.54, 1.807) is 0 Å². The van der Waals surface area contributed by atoms with Gasteiger partial charge in [-0.05, 0) is 18.2 Å². The molecule has 0 heterocycles. The number of phenolic OH excluding ortho intramolecular Hbond substituents is 1. The third kappa shape index (κ3) is 2.43. The minimum absolute atomic E-state index is 0.105. The van der Waals surface area contributed by atoms with Gasteiger partial charge >= 0.3 is 5.97 Å². The van der Waals surface area contributed by atoms with Gasteiger partial charge in [-0.2, -0.15) is 0 Å². The van der Waals surface area contributed by atoms with Gasteiger partial charge in [-0.25, -0.2) is 4.39 Å². The molecule has 70 valence electrons. The molecule has 0 aliphatic rings. The van der Waals surface area contributed by atoms with Gasteiger partial charge < -0.3 is 9.84 Å². The van der Waals surface area contributed by atoms with Gasteiger partial charge in [0.15, 0.2) is 0 Å². The molecule has 1 N–H and O–H groups in total. The average molecular weight is 184 g/mol. The van der Waals surface area contributed by atoms with E-state index < -0.39 is 11.8 Å². The molecule has 1 aromatic rings. The maximum atomic E-state index is 12.6. The van der Waals surface area contributed by atoms with Crippen LogP contribution in [0.15, 0.2) is 18.2 Å². The number of benzene rings is 1. The lowest BCUT2D eigenvalue weighted by Crippen LogP contribution is -2.04. The Bertz CT molecular complexity index is 323. The summed E-state index contributed by atoms with van der Waals surface area (Å²) in [5.74, 6) is -1.11. The smallest absolute Gasteiger partial charge is 0.310 e. The van der Waals surface area contributed by atoms with Crippen molar-refractivity contribution in [1.82, 2.24) is 0 Å². The van der Waals surface area contributed by atoms with E-state index in [9.17, 15) is 14.3 Å². The lowest BCUT2D eigenvalue weighted by atomic mass is 10.1. The van der Waals surface area contributed by atoms with Crippen LogP contribution < -0.4 is 0 Å². The number of hydrogen-bond donors (Lipinski definition) is 1. The van der Waals surface area contributed by atoms with E-state index in [0.717, 1.165) is 12.1 Å². The molecule has 1 aromatic carbocycles. The number of rotatable bonds is 2. The standard InChI is InChI=1S/C9H9FO3/c1-13-9(12)5-6-4-7(10)2-3-8(6)11/h2-4,11H,5H2,1H3. The van der Waals surface area contributed by atoms with Crippen molar-refractivity contribution in [2.24, 2.45) is 0 Å². The summed E-state index contributed by atoms with van der Waals surface area (Å²) in [5, 5.41) is 9.20. The Balaban J connectivity index is 2.87. The van der Waals surface area contributed by atoms with Crippen LogP contribution in [0.3, 0.4) is 0 Å². The Morgan fingerprint density at radius 2 is 2.31 bits per heavy atom. The molecule has 0 amide bonds. The molecule has 0 spiro atoms. The van der Waals surface area contributed by atoms with Gasteiger partial charge in [0.05, 0.1) is 13.5 Å². The van der Waals surface area contributed by atoms with Crippen molar-refractivity contribution in [2.75, 3.05) is 7.11 Å². The third-order valence-corrected chi connectivity index (χ3v) is 1.60. The Labute approximate surface area is 74.8 Å². The molecular formula is C9H9FO3. The molecule has 4 heteroatoms. The second kappa shape index (κ2) is 3.89. The lowest BCUT2D eigenvalue weighted by molar-refractivity contribution is -0.139. The molecule has 0 unspecified atom stereocenters. The van der Waals surface area contributed by atoms with E-state index in [1.165, 1.54) is 13.2 Å². The van der Waals surface area contributed by atoms with Crippen molar-refractivity contribution >= 4 is 5.97 Å². The quantitative estimate of drug-likeness (QED) is 0.703. The first-order chi connectivity index (χ1) is 6.13. The first-order valence-corrected chi connectivity index (χ1v) is 3.67. The molecule has 0 radical (unpaired) electrons. The summed E-state index contributed by atoms with van der Waals surface area (Å²) in [6, 6.07) is 3.43. The van der Waals surface area contributed by atoms with Gasteiger partial charge in [0.1, 0.15) is 11.6 Å². The Hall–Kier alpha value is -1.58. The Kier molecular flexibility index (Phi) is 2.84. The topological polar surface area (TPSA) is 46.5 Å². The number of carbonyl (C=O) groups excluding carboxylic acids is 1. The fourth-order valence-electron chi connectivity index (χ4n) is 0.923. The minimum Gasteiger partial charge on any atom is -0.508 e. The molecule has 3 nitrogen and oxygen atoms in total. The highest BCUT2D eigenvalue weighted by Crippen LogP contribution is 2.18. The fourth-order valence-corrected chi connectivity index (χ4v) is 0.923. The maximum absolute atomic E-state index is 12.6. The molecule has 0 aliphatic carbocycles. The number of ether oxygens (including phenoxy) is 1. The normalized spacial score (nSPS) is 9.69. The van der Waals surface area contributed by atoms with E-state index in [4.69, 9.17) is 0 Å². The van der Waals surface area contributed by atoms with Crippen LogP contribution in [-0.2, 0) is 16.0 Å². The SMILES string of the molecule is COC(=O)Cc1cc(F)ccc1O. The highest BCUT2D eigenvalue weighted by atomic mass is 19.1. The molecule has 0 fully saturated rings. The van der Waals surface area contributed by atoms with Crippen molar-refractivity contribution in [3.8, 4) is 5.75 Å². The van der Waals surface area contributed by atoms with Crippen LogP contribution in [0.2, 0.25) is 0 Å². The summed E-state index contributed by atoms with van der Waals surface area (Å²) in [4.78, 5) is 10.8. The summed E-state index contributed by atoms with van der Waals surface area (Å²) < 4.78 is 17.0. The molecule has 0 saturated heterocycles. The van der Waals surface area contributed by atoms with Crippen molar-refractivity contribution in [3.05, 3.63) is 29.6 Å². The van der Waals surface area contributed by atoms with Crippen molar-refractivity contribution < 1.29 is 19.0 Å². The van der Waals surface area contributed by atoms with Crippen molar-refractivity contribution in [2.45, 2.75) is 6.42 Å². The number of methoxy groups -OCH3 is 1. The predicted molar refractivity (Wildman–Crippen MR) is 43.8 cm³/mol. The van der Waals surface area contributed by atoms with Gasteiger partial charge in [-0.15, -0.1) is 0 Å². The van der Waals surface area contributed by atoms with Gasteiger partial charge in [-0.1, -0.05) is 0 Å². The highest BCUT2D eigenvalue weighted by Gasteiger charge is 2.08. The zero-order valence-corrected chi connectivity index (χ0v) is 7.08. The maximum Gasteiger partial charge on any atom is 0.310 e. The average Bonchev–Trinajstić information content (AvgIpc) is 2.11. The first-order valence-electron chi connectivity index (χ1n) is 3.67. The van der Waals surface area contributed by atoms with Crippen LogP contribution in [0, 0.1) is 5.82 Å². The van der Waals surface area contributed by atoms with Crippen LogP contribution >= 0.6 is 0 Å². The van der Waals surface area contributed by atoms with Gasteiger partial charge in [-0.3, -0.25) is 4.79 Å². The van der Waals surface area contributed by atoms with E-state index in [1.807, 2.05) is 0 Å². The molecule has 0 aromatic heterocycles. The second-order valence-electron chi connectivity index (χ2n) is 2.53. The van der Waals surface area contributed by atoms with E-state index >= 15 is 0 Å². The van der Waals surface area contributed by atoms with Crippen LogP contribution in [0.25, 0.3) is 0 Å². The third-order valence-electron chi connectivity index (χ3n) is 1.60. The second-order valence-corrected chi connectivity index (χ2v) is 2.53. The van der Waals surface area contributed by atoms with Gasteiger partial charge in [0.25, 0.3) is 0 Å². The lowest BCUT2D eigenvalue weighted by Gasteiger charge is -2.02. The van der Waals surface area contributed by atoms with E-state index in [0.29, 0.717) is 0 Å². The summed E-state index contributed by atoms with van der Waals surface area (Å²) in [5.41, 5.74) is 0.229. The van der Waals surface area contributed by atoms with Gasteiger partial charge in [0, 0.05) is 5.56 Å². The zero-order chi connectivity index (χ0) is 9.84. The minimum atomic E-state index is -0.513. The molecule has 0 saturated carbocycles. The zero-order valence-electron chi connectivity index (χ0n) is 7.08. The van der Waals surface area contributed by atoms with Gasteiger partial charge in [0.2, 0.25) is 0 Å². The van der Waals surface area contributed by atoms with E-state index in [2.05, 4.69) is 4.74 Å². The Morgan fingerprint density at radius 1 is 1.62 bits per heavy atom. The van der Waals surface area contributed by atoms with Crippen LogP contribution in [-0.4, -0.2) is 18.2 Å². The number of phenols is 1. The monoisotopic (exact) mass is 184 g/mol. The number of aromatic hydroxyl groups is 1. The van der Waals surface area contributed by atoms with Crippen LogP contribution in [0.1, 0.15) is 5.56 Å². The van der Waals surface area contributed by atoms with Crippen LogP contribution in [0.4, 0.5) is 4.39 Å². The van der Waals surface area contributed by atoms with Crippen molar-refractivity contribution in [1.29, 1.82) is 0 Å². The first kappa shape index (κ1) is 9.51. The molecular weight excluding hydrogens is 175 g/mol. The molecule has 13 heavy (non-hydrogen) atoms. The Morgan fingerprint density at radius 3 is 2.92 bits per heavy atom. The predicted octanol–water partition coefficient (Wildman–Crippen LogP) is 1.25. The molecule has 1 rings (SSSR count). The number of esters is 1. The van der Waals surface area contributed by atoms with Crippen molar-refractivity contribution in [3.63, 3.8) is 0 Å². The summed E-state index contributed by atoms with van der Waals surface area (Å²) >= 11 is 0.